The molecule has 0 fully saturated rings. The van der Waals surface area contributed by atoms with Crippen molar-refractivity contribution in [1.82, 2.24) is 9.97 Å². The Kier molecular flexibility index (Phi) is 3.64. The number of hydrogen-bond acceptors (Lipinski definition) is 7. The van der Waals surface area contributed by atoms with Crippen LogP contribution < -0.4 is 10.1 Å². The molecule has 7 heteroatoms. The molecule has 0 spiro atoms. The number of rotatable bonds is 2. The molecule has 7 nitrogen and oxygen atoms in total. The number of nitrogens with zero attached hydrogens (tertiary/aromatic N) is 3. The molecule has 1 aliphatic heterocycles. The third-order valence-electron chi connectivity index (χ3n) is 3.73. The van der Waals surface area contributed by atoms with Crippen molar-refractivity contribution in [3.05, 3.63) is 53.9 Å². The second-order valence-corrected chi connectivity index (χ2v) is 5.47. The van der Waals surface area contributed by atoms with E-state index in [0.29, 0.717) is 22.8 Å². The number of nitrogens with one attached hydrogen (secondary N) is 1. The summed E-state index contributed by atoms with van der Waals surface area (Å²) in [4.78, 5) is 12.7. The van der Waals surface area contributed by atoms with Gasteiger partial charge in [0.25, 0.3) is 5.88 Å². The average Bonchev–Trinajstić information content (AvgIpc) is 2.82. The zero-order chi connectivity index (χ0) is 18.1. The van der Waals surface area contributed by atoms with Gasteiger partial charge in [0.1, 0.15) is 12.1 Å². The molecule has 4 rings (SSSR count). The second-order valence-electron chi connectivity index (χ2n) is 5.47. The molecular formula is C19H12N4O3. The molecule has 2 heterocycles. The Labute approximate surface area is 148 Å². The second kappa shape index (κ2) is 6.11. The maximum Gasteiger partial charge on any atom is 0.250 e. The predicted octanol–water partition coefficient (Wildman–Crippen LogP) is 3.47. The smallest absolute Gasteiger partial charge is 0.250 e. The molecular weight excluding hydrogens is 332 g/mol. The third-order valence-corrected chi connectivity index (χ3v) is 3.73. The fourth-order valence-electron chi connectivity index (χ4n) is 2.47. The normalized spacial score (nSPS) is 11.5. The number of aromatic nitrogens is 2. The van der Waals surface area contributed by atoms with Crippen molar-refractivity contribution in [2.45, 2.75) is 0 Å². The molecule has 0 radical (unpaired) electrons. The maximum absolute atomic E-state index is 9.68. The van der Waals surface area contributed by atoms with E-state index in [9.17, 15) is 10.2 Å². The van der Waals surface area contributed by atoms with Crippen LogP contribution in [0.3, 0.4) is 0 Å². The predicted molar refractivity (Wildman–Crippen MR) is 96.8 cm³/mol. The molecule has 1 aromatic heterocycles. The molecule has 126 valence electrons. The molecule has 0 unspecified atom stereocenters. The van der Waals surface area contributed by atoms with Crippen molar-refractivity contribution in [2.75, 3.05) is 5.32 Å². The number of phenolic OH excluding ortho intramolecular Hbond substituents is 2. The number of aromatic hydroxyl groups is 2. The minimum Gasteiger partial charge on any atom is -0.504 e. The first-order valence-corrected chi connectivity index (χ1v) is 7.60. The van der Waals surface area contributed by atoms with E-state index in [2.05, 4.69) is 26.2 Å². The molecule has 2 aromatic carbocycles. The standard InChI is InChI=1S/C19H12N4O3/c1-2-11-4-3-5-13(6-11)23-18-17-19(22-10-21-18)26-16-8-15(25)14(24)7-12(16)9-20-17/h1,3-10,24-25H,(H,21,22,23). The van der Waals surface area contributed by atoms with Gasteiger partial charge < -0.3 is 20.3 Å². The Morgan fingerprint density at radius 2 is 1.92 bits per heavy atom. The van der Waals surface area contributed by atoms with Gasteiger partial charge in [-0.15, -0.1) is 6.42 Å². The number of benzene rings is 2. The van der Waals surface area contributed by atoms with E-state index in [4.69, 9.17) is 11.2 Å². The summed E-state index contributed by atoms with van der Waals surface area (Å²) in [6.45, 7) is 0. The molecule has 0 bridgehead atoms. The molecule has 0 aliphatic carbocycles. The van der Waals surface area contributed by atoms with Gasteiger partial charge in [-0.05, 0) is 24.3 Å². The van der Waals surface area contributed by atoms with Crippen LogP contribution in [0.25, 0.3) is 0 Å². The van der Waals surface area contributed by atoms with Crippen LogP contribution in [0.2, 0.25) is 0 Å². The summed E-state index contributed by atoms with van der Waals surface area (Å²) in [7, 11) is 0. The van der Waals surface area contributed by atoms with E-state index in [1.807, 2.05) is 18.2 Å². The van der Waals surface area contributed by atoms with Crippen LogP contribution in [0.1, 0.15) is 11.1 Å². The van der Waals surface area contributed by atoms with Crippen LogP contribution >= 0.6 is 0 Å². The minimum absolute atomic E-state index is 0.218. The average molecular weight is 344 g/mol. The van der Waals surface area contributed by atoms with E-state index in [1.165, 1.54) is 24.7 Å². The molecule has 0 saturated carbocycles. The van der Waals surface area contributed by atoms with E-state index in [-0.39, 0.29) is 17.4 Å². The van der Waals surface area contributed by atoms with Crippen LogP contribution in [0.15, 0.2) is 47.7 Å². The van der Waals surface area contributed by atoms with Crippen molar-refractivity contribution in [3.63, 3.8) is 0 Å². The number of terminal acetylenes is 1. The lowest BCUT2D eigenvalue weighted by Crippen LogP contribution is -1.97. The highest BCUT2D eigenvalue weighted by Gasteiger charge is 2.19. The fraction of sp³-hybridized carbons (Fsp3) is 0. The topological polar surface area (TPSA) is 99.9 Å². The lowest BCUT2D eigenvalue weighted by Gasteiger charge is -2.11. The number of aliphatic imine (C=N–C) groups is 1. The highest BCUT2D eigenvalue weighted by atomic mass is 16.5. The summed E-state index contributed by atoms with van der Waals surface area (Å²) in [6.07, 6.45) is 8.28. The van der Waals surface area contributed by atoms with Crippen molar-refractivity contribution in [3.8, 4) is 35.5 Å². The molecule has 26 heavy (non-hydrogen) atoms. The first-order chi connectivity index (χ1) is 12.6. The van der Waals surface area contributed by atoms with Gasteiger partial charge in [0.15, 0.2) is 23.0 Å². The Morgan fingerprint density at radius 3 is 2.77 bits per heavy atom. The highest BCUT2D eigenvalue weighted by molar-refractivity contribution is 5.90. The quantitative estimate of drug-likeness (QED) is 0.380. The van der Waals surface area contributed by atoms with Gasteiger partial charge in [-0.2, -0.15) is 4.98 Å². The summed E-state index contributed by atoms with van der Waals surface area (Å²) in [5.41, 5.74) is 2.36. The Balaban J connectivity index is 1.75. The number of fused-ring (bicyclic) bond motifs is 2. The van der Waals surface area contributed by atoms with Gasteiger partial charge in [-0.3, -0.25) is 0 Å². The summed E-state index contributed by atoms with van der Waals surface area (Å²) in [6, 6.07) is 9.97. The Bertz CT molecular complexity index is 1090. The Morgan fingerprint density at radius 1 is 1.08 bits per heavy atom. The van der Waals surface area contributed by atoms with Crippen LogP contribution in [0.4, 0.5) is 17.2 Å². The number of hydrogen-bond donors (Lipinski definition) is 3. The van der Waals surface area contributed by atoms with Crippen LogP contribution in [-0.4, -0.2) is 26.4 Å². The summed E-state index contributed by atoms with van der Waals surface area (Å²) in [5, 5.41) is 22.5. The van der Waals surface area contributed by atoms with Gasteiger partial charge in [0.05, 0.1) is 0 Å². The Hall–Kier alpha value is -4.05. The molecule has 0 amide bonds. The van der Waals surface area contributed by atoms with Gasteiger partial charge in [-0.1, -0.05) is 12.0 Å². The van der Waals surface area contributed by atoms with E-state index >= 15 is 0 Å². The van der Waals surface area contributed by atoms with Crippen molar-refractivity contribution in [2.24, 2.45) is 4.99 Å². The number of phenols is 2. The van der Waals surface area contributed by atoms with Crippen molar-refractivity contribution in [1.29, 1.82) is 0 Å². The number of ether oxygens (including phenoxy) is 1. The fourth-order valence-corrected chi connectivity index (χ4v) is 2.47. The first kappa shape index (κ1) is 15.5. The lowest BCUT2D eigenvalue weighted by molar-refractivity contribution is 0.396. The summed E-state index contributed by atoms with van der Waals surface area (Å²) >= 11 is 0. The van der Waals surface area contributed by atoms with Crippen molar-refractivity contribution < 1.29 is 14.9 Å². The minimum atomic E-state index is -0.292. The van der Waals surface area contributed by atoms with Crippen LogP contribution in [-0.2, 0) is 0 Å². The highest BCUT2D eigenvalue weighted by Crippen LogP contribution is 2.41. The largest absolute Gasteiger partial charge is 0.504 e. The van der Waals surface area contributed by atoms with Gasteiger partial charge in [-0.25, -0.2) is 9.98 Å². The van der Waals surface area contributed by atoms with Crippen molar-refractivity contribution >= 4 is 23.4 Å². The zero-order valence-electron chi connectivity index (χ0n) is 13.3. The zero-order valence-corrected chi connectivity index (χ0v) is 13.3. The van der Waals surface area contributed by atoms with E-state index in [1.54, 1.807) is 6.07 Å². The van der Waals surface area contributed by atoms with Gasteiger partial charge in [0.2, 0.25) is 0 Å². The van der Waals surface area contributed by atoms with E-state index in [0.717, 1.165) is 11.3 Å². The van der Waals surface area contributed by atoms with Crippen LogP contribution in [0, 0.1) is 12.3 Å². The molecule has 0 atom stereocenters. The monoisotopic (exact) mass is 344 g/mol. The summed E-state index contributed by atoms with van der Waals surface area (Å²) in [5.74, 6) is 2.99. The van der Waals surface area contributed by atoms with E-state index < -0.39 is 0 Å². The third kappa shape index (κ3) is 2.76. The molecule has 3 N–H and O–H groups in total. The molecule has 0 saturated heterocycles. The van der Waals surface area contributed by atoms with Gasteiger partial charge in [0, 0.05) is 29.1 Å². The lowest BCUT2D eigenvalue weighted by atomic mass is 10.2. The maximum atomic E-state index is 9.68. The summed E-state index contributed by atoms with van der Waals surface area (Å²) < 4.78 is 5.74. The van der Waals surface area contributed by atoms with Gasteiger partial charge >= 0.3 is 0 Å². The SMILES string of the molecule is C#Cc1cccc(Nc2ncnc3c2N=Cc2cc(O)c(O)cc2O3)c1. The molecule has 3 aromatic rings. The number of anilines is 2. The molecule has 1 aliphatic rings. The first-order valence-electron chi connectivity index (χ1n) is 7.60. The van der Waals surface area contributed by atoms with Crippen LogP contribution in [0.5, 0.6) is 23.1 Å².